The number of carbonyl (C=O) groups is 1. The summed E-state index contributed by atoms with van der Waals surface area (Å²) in [5.74, 6) is 0.182. The summed E-state index contributed by atoms with van der Waals surface area (Å²) in [6.45, 7) is 8.54. The third-order valence-corrected chi connectivity index (χ3v) is 5.53. The molecule has 21 heavy (non-hydrogen) atoms. The Morgan fingerprint density at radius 1 is 1.24 bits per heavy atom. The lowest BCUT2D eigenvalue weighted by molar-refractivity contribution is -0.147. The van der Waals surface area contributed by atoms with Gasteiger partial charge in [-0.3, -0.25) is 4.79 Å². The van der Waals surface area contributed by atoms with Crippen molar-refractivity contribution in [2.45, 2.75) is 58.4 Å². The molecule has 0 aliphatic carbocycles. The second-order valence-corrected chi connectivity index (χ2v) is 7.69. The Morgan fingerprint density at radius 3 is 2.71 bits per heavy atom. The average Bonchev–Trinajstić information content (AvgIpc) is 2.43. The molecule has 2 heterocycles. The Balaban J connectivity index is 1.67. The van der Waals surface area contributed by atoms with Gasteiger partial charge in [-0.2, -0.15) is 0 Å². The largest absolute Gasteiger partial charge is 0.481 e. The predicted molar refractivity (Wildman–Crippen MR) is 85.5 cm³/mol. The summed E-state index contributed by atoms with van der Waals surface area (Å²) in [4.78, 5) is 16.3. The number of likely N-dealkylation sites (tertiary alicyclic amines) is 2. The lowest BCUT2D eigenvalue weighted by Gasteiger charge is -2.46. The quantitative estimate of drug-likeness (QED) is 0.765. The minimum atomic E-state index is -0.673. The highest BCUT2D eigenvalue weighted by Crippen LogP contribution is 2.30. The molecule has 2 aliphatic rings. The van der Waals surface area contributed by atoms with Crippen LogP contribution in [0.2, 0.25) is 0 Å². The first-order chi connectivity index (χ1) is 9.90. The number of carboxylic acids is 1. The van der Waals surface area contributed by atoms with Gasteiger partial charge >= 0.3 is 5.97 Å². The molecule has 0 bridgehead atoms. The molecule has 0 aromatic carbocycles. The molecule has 0 spiro atoms. The minimum Gasteiger partial charge on any atom is -0.481 e. The molecule has 0 aromatic rings. The molecule has 2 atom stereocenters. The fraction of sp³-hybridized carbons (Fsp3) is 0.941. The van der Waals surface area contributed by atoms with Gasteiger partial charge in [0.25, 0.3) is 0 Å². The van der Waals surface area contributed by atoms with Crippen LogP contribution in [0.1, 0.15) is 52.4 Å². The van der Waals surface area contributed by atoms with Crippen molar-refractivity contribution in [3.63, 3.8) is 0 Å². The van der Waals surface area contributed by atoms with E-state index in [1.807, 2.05) is 13.8 Å². The SMILES string of the molecule is CN1CCCC2CN(CCCCC(C)(C)C(=O)O)CCC21. The first-order valence-corrected chi connectivity index (χ1v) is 8.56. The van der Waals surface area contributed by atoms with Crippen molar-refractivity contribution in [3.8, 4) is 0 Å². The fourth-order valence-corrected chi connectivity index (χ4v) is 3.94. The van der Waals surface area contributed by atoms with Gasteiger partial charge in [0.15, 0.2) is 0 Å². The van der Waals surface area contributed by atoms with E-state index in [0.29, 0.717) is 0 Å². The van der Waals surface area contributed by atoms with Crippen molar-refractivity contribution < 1.29 is 9.90 Å². The molecule has 122 valence electrons. The Bertz CT molecular complexity index is 357. The van der Waals surface area contributed by atoms with E-state index in [0.717, 1.165) is 37.8 Å². The van der Waals surface area contributed by atoms with Crippen LogP contribution in [-0.2, 0) is 4.79 Å². The first-order valence-electron chi connectivity index (χ1n) is 8.56. The number of hydrogen-bond acceptors (Lipinski definition) is 3. The Kier molecular flexibility index (Phi) is 5.67. The van der Waals surface area contributed by atoms with E-state index in [1.54, 1.807) is 0 Å². The normalized spacial score (nSPS) is 28.3. The molecule has 2 unspecified atom stereocenters. The number of nitrogens with zero attached hydrogens (tertiary/aromatic N) is 2. The van der Waals surface area contributed by atoms with Gasteiger partial charge in [-0.15, -0.1) is 0 Å². The molecule has 2 fully saturated rings. The maximum Gasteiger partial charge on any atom is 0.309 e. The topological polar surface area (TPSA) is 43.8 Å². The van der Waals surface area contributed by atoms with Crippen LogP contribution in [0.4, 0.5) is 0 Å². The van der Waals surface area contributed by atoms with E-state index in [1.165, 1.54) is 38.9 Å². The smallest absolute Gasteiger partial charge is 0.309 e. The predicted octanol–water partition coefficient (Wildman–Crippen LogP) is 2.68. The number of unbranched alkanes of at least 4 members (excludes halogenated alkanes) is 1. The highest BCUT2D eigenvalue weighted by Gasteiger charge is 2.34. The van der Waals surface area contributed by atoms with Gasteiger partial charge in [-0.25, -0.2) is 0 Å². The van der Waals surface area contributed by atoms with Crippen LogP contribution in [0.25, 0.3) is 0 Å². The van der Waals surface area contributed by atoms with Crippen LogP contribution in [0, 0.1) is 11.3 Å². The molecule has 1 N–H and O–H groups in total. The second kappa shape index (κ2) is 7.10. The van der Waals surface area contributed by atoms with Crippen molar-refractivity contribution >= 4 is 5.97 Å². The summed E-state index contributed by atoms with van der Waals surface area (Å²) >= 11 is 0. The first kappa shape index (κ1) is 16.8. The van der Waals surface area contributed by atoms with Crippen molar-refractivity contribution in [3.05, 3.63) is 0 Å². The number of fused-ring (bicyclic) bond motifs is 1. The fourth-order valence-electron chi connectivity index (χ4n) is 3.94. The Morgan fingerprint density at radius 2 is 2.00 bits per heavy atom. The average molecular weight is 296 g/mol. The zero-order valence-corrected chi connectivity index (χ0v) is 14.0. The highest BCUT2D eigenvalue weighted by atomic mass is 16.4. The van der Waals surface area contributed by atoms with Crippen molar-refractivity contribution in [2.24, 2.45) is 11.3 Å². The third-order valence-electron chi connectivity index (χ3n) is 5.53. The van der Waals surface area contributed by atoms with Gasteiger partial charge in [0.05, 0.1) is 5.41 Å². The van der Waals surface area contributed by atoms with Gasteiger partial charge in [-0.05, 0) is 78.6 Å². The highest BCUT2D eigenvalue weighted by molar-refractivity contribution is 5.73. The second-order valence-electron chi connectivity index (χ2n) is 7.69. The van der Waals surface area contributed by atoms with Gasteiger partial charge in [0.1, 0.15) is 0 Å². The molecular weight excluding hydrogens is 264 g/mol. The summed E-state index contributed by atoms with van der Waals surface area (Å²) in [5, 5.41) is 9.13. The van der Waals surface area contributed by atoms with Crippen molar-refractivity contribution in [1.29, 1.82) is 0 Å². The lowest BCUT2D eigenvalue weighted by atomic mass is 9.84. The van der Waals surface area contributed by atoms with Gasteiger partial charge in [0.2, 0.25) is 0 Å². The van der Waals surface area contributed by atoms with Gasteiger partial charge in [-0.1, -0.05) is 6.42 Å². The third kappa shape index (κ3) is 4.43. The van der Waals surface area contributed by atoms with E-state index in [4.69, 9.17) is 5.11 Å². The standard InChI is InChI=1S/C17H32N2O2/c1-17(2,16(20)21)9-4-5-11-19-12-8-15-14(13-19)7-6-10-18(15)3/h14-15H,4-13H2,1-3H3,(H,20,21). The number of aliphatic carboxylic acids is 1. The maximum absolute atomic E-state index is 11.1. The number of piperidine rings is 2. The van der Waals surface area contributed by atoms with E-state index >= 15 is 0 Å². The van der Waals surface area contributed by atoms with Crippen molar-refractivity contribution in [2.75, 3.05) is 33.2 Å². The van der Waals surface area contributed by atoms with Crippen LogP contribution in [0.3, 0.4) is 0 Å². The molecule has 2 rings (SSSR count). The summed E-state index contributed by atoms with van der Waals surface area (Å²) in [7, 11) is 2.28. The molecule has 4 nitrogen and oxygen atoms in total. The van der Waals surface area contributed by atoms with Crippen LogP contribution < -0.4 is 0 Å². The van der Waals surface area contributed by atoms with E-state index in [2.05, 4.69) is 16.8 Å². The summed E-state index contributed by atoms with van der Waals surface area (Å²) in [5.41, 5.74) is -0.570. The van der Waals surface area contributed by atoms with Gasteiger partial charge in [0, 0.05) is 12.6 Å². The summed E-state index contributed by atoms with van der Waals surface area (Å²) in [6.07, 6.45) is 6.97. The van der Waals surface area contributed by atoms with E-state index in [-0.39, 0.29) is 0 Å². The van der Waals surface area contributed by atoms with Crippen LogP contribution in [0.15, 0.2) is 0 Å². The number of rotatable bonds is 6. The molecule has 2 saturated heterocycles. The zero-order valence-electron chi connectivity index (χ0n) is 14.0. The molecule has 0 radical (unpaired) electrons. The van der Waals surface area contributed by atoms with Crippen LogP contribution in [0.5, 0.6) is 0 Å². The van der Waals surface area contributed by atoms with Crippen LogP contribution in [-0.4, -0.2) is 60.1 Å². The Labute approximate surface area is 129 Å². The molecule has 2 aliphatic heterocycles. The molecule has 0 saturated carbocycles. The summed E-state index contributed by atoms with van der Waals surface area (Å²) < 4.78 is 0. The van der Waals surface area contributed by atoms with E-state index in [9.17, 15) is 4.79 Å². The molecule has 4 heteroatoms. The lowest BCUT2D eigenvalue weighted by Crippen LogP contribution is -2.52. The number of carboxylic acid groups (broad SMARTS) is 1. The molecular formula is C17H32N2O2. The monoisotopic (exact) mass is 296 g/mol. The number of hydrogen-bond donors (Lipinski definition) is 1. The summed E-state index contributed by atoms with van der Waals surface area (Å²) in [6, 6.07) is 0.806. The minimum absolute atomic E-state index is 0.570. The maximum atomic E-state index is 11.1. The van der Waals surface area contributed by atoms with Crippen LogP contribution >= 0.6 is 0 Å². The van der Waals surface area contributed by atoms with E-state index < -0.39 is 11.4 Å². The molecule has 0 aromatic heterocycles. The zero-order chi connectivity index (χ0) is 15.5. The Hall–Kier alpha value is -0.610. The van der Waals surface area contributed by atoms with Gasteiger partial charge < -0.3 is 14.9 Å². The molecule has 0 amide bonds. The van der Waals surface area contributed by atoms with Crippen molar-refractivity contribution in [1.82, 2.24) is 9.80 Å².